The van der Waals surface area contributed by atoms with E-state index in [4.69, 9.17) is 0 Å². The van der Waals surface area contributed by atoms with E-state index in [1.54, 1.807) is 6.20 Å². The Kier molecular flexibility index (Phi) is 3.21. The van der Waals surface area contributed by atoms with E-state index in [0.29, 0.717) is 6.42 Å². The van der Waals surface area contributed by atoms with Crippen LogP contribution < -0.4 is 0 Å². The van der Waals surface area contributed by atoms with Gasteiger partial charge in [-0.15, -0.1) is 0 Å². The number of benzene rings is 1. The van der Waals surface area contributed by atoms with Gasteiger partial charge in [0.05, 0.1) is 11.2 Å². The minimum atomic E-state index is 0.111. The second-order valence-electron chi connectivity index (χ2n) is 4.36. The molecular formula is C16H14N2O. The second-order valence-corrected chi connectivity index (χ2v) is 4.36. The van der Waals surface area contributed by atoms with Gasteiger partial charge in [-0.3, -0.25) is 9.97 Å². The summed E-state index contributed by atoms with van der Waals surface area (Å²) in [4.78, 5) is 8.88. The van der Waals surface area contributed by atoms with Crippen LogP contribution in [0.2, 0.25) is 0 Å². The van der Waals surface area contributed by atoms with E-state index in [1.165, 1.54) is 0 Å². The predicted molar refractivity (Wildman–Crippen MR) is 75.8 cm³/mol. The molecule has 19 heavy (non-hydrogen) atoms. The minimum Gasteiger partial charge on any atom is -0.396 e. The van der Waals surface area contributed by atoms with Crippen molar-refractivity contribution in [1.29, 1.82) is 0 Å². The van der Waals surface area contributed by atoms with E-state index in [9.17, 15) is 5.11 Å². The maximum atomic E-state index is 9.21. The Balaban J connectivity index is 2.32. The van der Waals surface area contributed by atoms with Crippen molar-refractivity contribution in [3.05, 3.63) is 60.4 Å². The first-order chi connectivity index (χ1) is 9.40. The number of aliphatic hydroxyl groups is 1. The second kappa shape index (κ2) is 5.16. The van der Waals surface area contributed by atoms with Crippen LogP contribution in [-0.4, -0.2) is 21.7 Å². The summed E-state index contributed by atoms with van der Waals surface area (Å²) < 4.78 is 0. The highest BCUT2D eigenvalue weighted by atomic mass is 16.2. The molecule has 0 atom stereocenters. The van der Waals surface area contributed by atoms with Crippen molar-refractivity contribution in [2.45, 2.75) is 6.42 Å². The number of nitrogens with zero attached hydrogens (tertiary/aromatic N) is 2. The van der Waals surface area contributed by atoms with Crippen LogP contribution in [0.4, 0.5) is 0 Å². The van der Waals surface area contributed by atoms with Crippen molar-refractivity contribution in [3.8, 4) is 11.3 Å². The van der Waals surface area contributed by atoms with Gasteiger partial charge < -0.3 is 5.11 Å². The standard InChI is InChI=1S/C16H14N2O/c19-10-8-12-11-18-14-6-2-1-5-13(14)16(12)15-7-3-4-9-17-15/h1-7,9,11,19H,8,10H2. The normalized spacial score (nSPS) is 10.8. The van der Waals surface area contributed by atoms with E-state index in [0.717, 1.165) is 27.7 Å². The fraction of sp³-hybridized carbons (Fsp3) is 0.125. The molecule has 0 unspecified atom stereocenters. The van der Waals surface area contributed by atoms with Gasteiger partial charge in [-0.25, -0.2) is 0 Å². The molecule has 0 saturated heterocycles. The van der Waals surface area contributed by atoms with Crippen molar-refractivity contribution in [3.63, 3.8) is 0 Å². The van der Waals surface area contributed by atoms with Gasteiger partial charge in [0.1, 0.15) is 0 Å². The third-order valence-electron chi connectivity index (χ3n) is 3.16. The number of hydrogen-bond donors (Lipinski definition) is 1. The summed E-state index contributed by atoms with van der Waals surface area (Å²) in [6.07, 6.45) is 4.21. The Morgan fingerprint density at radius 2 is 1.79 bits per heavy atom. The fourth-order valence-corrected chi connectivity index (χ4v) is 2.31. The lowest BCUT2D eigenvalue weighted by Gasteiger charge is -2.11. The van der Waals surface area contributed by atoms with Gasteiger partial charge in [0.25, 0.3) is 0 Å². The molecule has 0 saturated carbocycles. The highest BCUT2D eigenvalue weighted by Crippen LogP contribution is 2.29. The van der Waals surface area contributed by atoms with Crippen molar-refractivity contribution in [1.82, 2.24) is 9.97 Å². The molecule has 1 N–H and O–H groups in total. The molecule has 3 nitrogen and oxygen atoms in total. The molecule has 0 bridgehead atoms. The lowest BCUT2D eigenvalue weighted by molar-refractivity contribution is 0.299. The van der Waals surface area contributed by atoms with Crippen LogP contribution in [0, 0.1) is 0 Å². The zero-order chi connectivity index (χ0) is 13.1. The van der Waals surface area contributed by atoms with Crippen LogP contribution in [0.3, 0.4) is 0 Å². The summed E-state index contributed by atoms with van der Waals surface area (Å²) in [5.74, 6) is 0. The lowest BCUT2D eigenvalue weighted by atomic mass is 9.98. The maximum Gasteiger partial charge on any atom is 0.0712 e. The number of rotatable bonds is 3. The molecular weight excluding hydrogens is 236 g/mol. The molecule has 2 aromatic heterocycles. The van der Waals surface area contributed by atoms with Crippen LogP contribution in [0.15, 0.2) is 54.9 Å². The summed E-state index contributed by atoms with van der Waals surface area (Å²) in [6, 6.07) is 13.9. The average Bonchev–Trinajstić information content (AvgIpc) is 2.48. The smallest absolute Gasteiger partial charge is 0.0712 e. The summed E-state index contributed by atoms with van der Waals surface area (Å²) in [5.41, 5.74) is 3.97. The summed E-state index contributed by atoms with van der Waals surface area (Å²) in [6.45, 7) is 0.111. The largest absolute Gasteiger partial charge is 0.396 e. The van der Waals surface area contributed by atoms with Gasteiger partial charge in [-0.1, -0.05) is 24.3 Å². The fourth-order valence-electron chi connectivity index (χ4n) is 2.31. The first-order valence-electron chi connectivity index (χ1n) is 6.29. The van der Waals surface area contributed by atoms with E-state index >= 15 is 0 Å². The zero-order valence-electron chi connectivity index (χ0n) is 10.5. The van der Waals surface area contributed by atoms with Crippen LogP contribution in [0.25, 0.3) is 22.2 Å². The number of aromatic nitrogens is 2. The van der Waals surface area contributed by atoms with Gasteiger partial charge in [-0.05, 0) is 30.2 Å². The third kappa shape index (κ3) is 2.20. The topological polar surface area (TPSA) is 46.0 Å². The average molecular weight is 250 g/mol. The van der Waals surface area contributed by atoms with Crippen LogP contribution in [0.1, 0.15) is 5.56 Å². The molecule has 0 aliphatic rings. The summed E-state index contributed by atoms with van der Waals surface area (Å²) >= 11 is 0. The SMILES string of the molecule is OCCc1cnc2ccccc2c1-c1ccccn1. The summed E-state index contributed by atoms with van der Waals surface area (Å²) in [7, 11) is 0. The highest BCUT2D eigenvalue weighted by molar-refractivity contribution is 5.94. The Labute approximate surface area is 111 Å². The Bertz CT molecular complexity index is 695. The van der Waals surface area contributed by atoms with Crippen molar-refractivity contribution in [2.24, 2.45) is 0 Å². The molecule has 0 spiro atoms. The molecule has 3 heteroatoms. The maximum absolute atomic E-state index is 9.21. The van der Waals surface area contributed by atoms with Crippen molar-refractivity contribution < 1.29 is 5.11 Å². The molecule has 2 heterocycles. The van der Waals surface area contributed by atoms with Gasteiger partial charge in [-0.2, -0.15) is 0 Å². The Morgan fingerprint density at radius 3 is 2.58 bits per heavy atom. The molecule has 0 aliphatic heterocycles. The molecule has 1 aromatic carbocycles. The van der Waals surface area contributed by atoms with Gasteiger partial charge in [0.2, 0.25) is 0 Å². The number of pyridine rings is 2. The van der Waals surface area contributed by atoms with Crippen molar-refractivity contribution >= 4 is 10.9 Å². The highest BCUT2D eigenvalue weighted by Gasteiger charge is 2.11. The molecule has 3 aromatic rings. The van der Waals surface area contributed by atoms with E-state index in [1.807, 2.05) is 48.7 Å². The van der Waals surface area contributed by atoms with Crippen LogP contribution in [-0.2, 0) is 6.42 Å². The number of hydrogen-bond acceptors (Lipinski definition) is 3. The number of aliphatic hydroxyl groups excluding tert-OH is 1. The molecule has 94 valence electrons. The number of fused-ring (bicyclic) bond motifs is 1. The van der Waals surface area contributed by atoms with Gasteiger partial charge in [0, 0.05) is 30.0 Å². The first kappa shape index (κ1) is 11.8. The Hall–Kier alpha value is -2.26. The van der Waals surface area contributed by atoms with Crippen molar-refractivity contribution in [2.75, 3.05) is 6.61 Å². The quantitative estimate of drug-likeness (QED) is 0.777. The van der Waals surface area contributed by atoms with Crippen LogP contribution >= 0.6 is 0 Å². The lowest BCUT2D eigenvalue weighted by Crippen LogP contribution is -1.98. The third-order valence-corrected chi connectivity index (χ3v) is 3.16. The molecule has 0 fully saturated rings. The molecule has 0 amide bonds. The van der Waals surface area contributed by atoms with Gasteiger partial charge >= 0.3 is 0 Å². The van der Waals surface area contributed by atoms with Crippen LogP contribution in [0.5, 0.6) is 0 Å². The van der Waals surface area contributed by atoms with E-state index in [-0.39, 0.29) is 6.61 Å². The molecule has 3 rings (SSSR count). The monoisotopic (exact) mass is 250 g/mol. The first-order valence-corrected chi connectivity index (χ1v) is 6.29. The zero-order valence-corrected chi connectivity index (χ0v) is 10.5. The minimum absolute atomic E-state index is 0.111. The summed E-state index contributed by atoms with van der Waals surface area (Å²) in [5, 5.41) is 10.3. The number of para-hydroxylation sites is 1. The predicted octanol–water partition coefficient (Wildman–Crippen LogP) is 2.83. The van der Waals surface area contributed by atoms with E-state index in [2.05, 4.69) is 9.97 Å². The van der Waals surface area contributed by atoms with Gasteiger partial charge in [0.15, 0.2) is 0 Å². The van der Waals surface area contributed by atoms with E-state index < -0.39 is 0 Å². The Morgan fingerprint density at radius 1 is 0.947 bits per heavy atom. The molecule has 0 radical (unpaired) electrons. The molecule has 0 aliphatic carbocycles.